The first-order valence-corrected chi connectivity index (χ1v) is 11.4. The van der Waals surface area contributed by atoms with Crippen LogP contribution in [0.15, 0.2) is 76.9 Å². The number of likely N-dealkylation sites (tertiary alicyclic amines) is 1. The number of nitrogens with zero attached hydrogens (tertiary/aromatic N) is 3. The molecule has 4 aromatic rings. The molecule has 6 heteroatoms. The Morgan fingerprint density at radius 3 is 2.63 bits per heavy atom. The van der Waals surface area contributed by atoms with Gasteiger partial charge in [-0.05, 0) is 61.6 Å². The highest BCUT2D eigenvalue weighted by atomic mass is 32.1. The van der Waals surface area contributed by atoms with Crippen molar-refractivity contribution in [2.24, 2.45) is 0 Å². The van der Waals surface area contributed by atoms with Gasteiger partial charge >= 0.3 is 0 Å². The fourth-order valence-corrected chi connectivity index (χ4v) is 4.90. The normalized spacial score (nSPS) is 15.6. The van der Waals surface area contributed by atoms with Crippen LogP contribution >= 0.6 is 11.3 Å². The Bertz CT molecular complexity index is 1030. The zero-order chi connectivity index (χ0) is 20.2. The molecule has 4 heterocycles. The molecule has 1 aromatic carbocycles. The lowest BCUT2D eigenvalue weighted by atomic mass is 10.1. The van der Waals surface area contributed by atoms with Crippen molar-refractivity contribution in [1.29, 1.82) is 0 Å². The molecule has 1 N–H and O–H groups in total. The van der Waals surface area contributed by atoms with E-state index in [0.717, 1.165) is 43.3 Å². The molecule has 5 nitrogen and oxygen atoms in total. The lowest BCUT2D eigenvalue weighted by molar-refractivity contribution is 0.209. The predicted molar refractivity (Wildman–Crippen MR) is 121 cm³/mol. The number of hydrogen-bond donors (Lipinski definition) is 1. The molecule has 1 aliphatic heterocycles. The van der Waals surface area contributed by atoms with Gasteiger partial charge in [0.05, 0.1) is 22.9 Å². The fraction of sp³-hybridized carbons (Fsp3) is 0.292. The summed E-state index contributed by atoms with van der Waals surface area (Å²) in [7, 11) is 0. The van der Waals surface area contributed by atoms with Gasteiger partial charge in [0.2, 0.25) is 0 Å². The lowest BCUT2D eigenvalue weighted by Gasteiger charge is -2.26. The van der Waals surface area contributed by atoms with Crippen molar-refractivity contribution >= 4 is 11.3 Å². The molecule has 1 aliphatic rings. The van der Waals surface area contributed by atoms with Crippen LogP contribution in [0, 0.1) is 0 Å². The smallest absolute Gasteiger partial charge is 0.122 e. The molecule has 1 atom stereocenters. The third-order valence-electron chi connectivity index (χ3n) is 5.67. The highest BCUT2D eigenvalue weighted by Crippen LogP contribution is 2.29. The van der Waals surface area contributed by atoms with Gasteiger partial charge in [-0.2, -0.15) is 5.10 Å². The summed E-state index contributed by atoms with van der Waals surface area (Å²) >= 11 is 1.73. The molecule has 0 saturated carbocycles. The molecule has 0 bridgehead atoms. The first-order chi connectivity index (χ1) is 14.9. The van der Waals surface area contributed by atoms with Crippen molar-refractivity contribution < 1.29 is 4.42 Å². The first kappa shape index (κ1) is 19.3. The van der Waals surface area contributed by atoms with E-state index in [1.165, 1.54) is 23.3 Å². The quantitative estimate of drug-likeness (QED) is 0.431. The van der Waals surface area contributed by atoms with E-state index in [0.29, 0.717) is 0 Å². The average molecular weight is 419 g/mol. The van der Waals surface area contributed by atoms with Crippen LogP contribution in [-0.2, 0) is 6.54 Å². The standard InChI is InChI=1S/C24H26N4OS/c1-2-8-20(9-3-1)28-18-19(24(26-28)23-11-7-15-30-23)16-25-17-21(22-10-6-14-29-22)27-12-4-5-13-27/h1-3,6-11,14-15,18,21,25H,4-5,12-13,16-17H2/t21-/m1/s1. The molecule has 30 heavy (non-hydrogen) atoms. The maximum absolute atomic E-state index is 5.76. The summed E-state index contributed by atoms with van der Waals surface area (Å²) in [5, 5.41) is 10.7. The number of nitrogens with one attached hydrogen (secondary N) is 1. The fourth-order valence-electron chi connectivity index (χ4n) is 4.16. The van der Waals surface area contributed by atoms with Crippen LogP contribution in [0.3, 0.4) is 0 Å². The molecule has 1 saturated heterocycles. The molecule has 0 amide bonds. The van der Waals surface area contributed by atoms with Crippen LogP contribution < -0.4 is 5.32 Å². The van der Waals surface area contributed by atoms with Crippen LogP contribution in [0.25, 0.3) is 16.3 Å². The van der Waals surface area contributed by atoms with E-state index in [4.69, 9.17) is 9.52 Å². The summed E-state index contributed by atoms with van der Waals surface area (Å²) in [5.41, 5.74) is 3.34. The Morgan fingerprint density at radius 1 is 1.03 bits per heavy atom. The van der Waals surface area contributed by atoms with Gasteiger partial charge in [0.15, 0.2) is 0 Å². The van der Waals surface area contributed by atoms with Crippen LogP contribution in [0.2, 0.25) is 0 Å². The molecule has 0 unspecified atom stereocenters. The Balaban J connectivity index is 1.35. The van der Waals surface area contributed by atoms with Gasteiger partial charge in [-0.25, -0.2) is 4.68 Å². The minimum atomic E-state index is 0.275. The molecular formula is C24H26N4OS. The number of benzene rings is 1. The van der Waals surface area contributed by atoms with Crippen molar-refractivity contribution in [2.45, 2.75) is 25.4 Å². The number of para-hydroxylation sites is 1. The highest BCUT2D eigenvalue weighted by molar-refractivity contribution is 7.13. The molecule has 0 spiro atoms. The summed E-state index contributed by atoms with van der Waals surface area (Å²) in [5.74, 6) is 1.04. The number of furan rings is 1. The minimum absolute atomic E-state index is 0.275. The Kier molecular flexibility index (Phi) is 5.79. The number of rotatable bonds is 8. The molecule has 0 aliphatic carbocycles. The predicted octanol–water partition coefficient (Wildman–Crippen LogP) is 5.12. The van der Waals surface area contributed by atoms with E-state index in [-0.39, 0.29) is 6.04 Å². The van der Waals surface area contributed by atoms with Gasteiger partial charge in [-0.15, -0.1) is 11.3 Å². The largest absolute Gasteiger partial charge is 0.468 e. The van der Waals surface area contributed by atoms with Gasteiger partial charge in [0.25, 0.3) is 0 Å². The third-order valence-corrected chi connectivity index (χ3v) is 6.55. The molecule has 154 valence electrons. The maximum atomic E-state index is 5.76. The number of hydrogen-bond acceptors (Lipinski definition) is 5. The number of thiophene rings is 1. The lowest BCUT2D eigenvalue weighted by Crippen LogP contribution is -2.33. The zero-order valence-corrected chi connectivity index (χ0v) is 17.7. The van der Waals surface area contributed by atoms with Crippen LogP contribution in [0.4, 0.5) is 0 Å². The van der Waals surface area contributed by atoms with E-state index < -0.39 is 0 Å². The SMILES string of the molecule is c1ccc(-n2cc(CNC[C@H](c3ccco3)N3CCCC3)c(-c3cccs3)n2)cc1. The molecular weight excluding hydrogens is 392 g/mol. The van der Waals surface area contributed by atoms with Gasteiger partial charge < -0.3 is 9.73 Å². The number of aromatic nitrogens is 2. The molecule has 3 aromatic heterocycles. The van der Waals surface area contributed by atoms with E-state index >= 15 is 0 Å². The van der Waals surface area contributed by atoms with E-state index in [2.05, 4.69) is 52.1 Å². The second kappa shape index (κ2) is 9.00. The Hall–Kier alpha value is -2.67. The van der Waals surface area contributed by atoms with Crippen molar-refractivity contribution in [3.05, 3.63) is 83.8 Å². The molecule has 5 rings (SSSR count). The van der Waals surface area contributed by atoms with Crippen LogP contribution in [-0.4, -0.2) is 34.3 Å². The summed E-state index contributed by atoms with van der Waals surface area (Å²) in [6.07, 6.45) is 6.46. The molecule has 1 fully saturated rings. The van der Waals surface area contributed by atoms with Crippen molar-refractivity contribution in [3.63, 3.8) is 0 Å². The summed E-state index contributed by atoms with van der Waals surface area (Å²) in [4.78, 5) is 3.72. The second-order valence-corrected chi connectivity index (χ2v) is 8.61. The average Bonchev–Trinajstić information content (AvgIpc) is 3.58. The van der Waals surface area contributed by atoms with Crippen LogP contribution in [0.1, 0.15) is 30.2 Å². The van der Waals surface area contributed by atoms with Crippen molar-refractivity contribution in [3.8, 4) is 16.3 Å². The summed E-state index contributed by atoms with van der Waals surface area (Å²) in [6.45, 7) is 3.90. The summed E-state index contributed by atoms with van der Waals surface area (Å²) in [6, 6.07) is 18.9. The van der Waals surface area contributed by atoms with E-state index in [1.807, 2.05) is 28.9 Å². The Morgan fingerprint density at radius 2 is 1.90 bits per heavy atom. The monoisotopic (exact) mass is 418 g/mol. The maximum Gasteiger partial charge on any atom is 0.122 e. The molecule has 0 radical (unpaired) electrons. The first-order valence-electron chi connectivity index (χ1n) is 10.5. The van der Waals surface area contributed by atoms with Gasteiger partial charge in [-0.1, -0.05) is 24.3 Å². The zero-order valence-electron chi connectivity index (χ0n) is 16.9. The minimum Gasteiger partial charge on any atom is -0.468 e. The van der Waals surface area contributed by atoms with Crippen molar-refractivity contribution in [2.75, 3.05) is 19.6 Å². The Labute approximate surface area is 181 Å². The van der Waals surface area contributed by atoms with Crippen molar-refractivity contribution in [1.82, 2.24) is 20.0 Å². The topological polar surface area (TPSA) is 46.2 Å². The third kappa shape index (κ3) is 4.12. The van der Waals surface area contributed by atoms with Crippen LogP contribution in [0.5, 0.6) is 0 Å². The van der Waals surface area contributed by atoms with Gasteiger partial charge in [0.1, 0.15) is 11.5 Å². The summed E-state index contributed by atoms with van der Waals surface area (Å²) < 4.78 is 7.74. The van der Waals surface area contributed by atoms with Gasteiger partial charge in [-0.3, -0.25) is 4.90 Å². The van der Waals surface area contributed by atoms with E-state index in [9.17, 15) is 0 Å². The van der Waals surface area contributed by atoms with E-state index in [1.54, 1.807) is 17.6 Å². The second-order valence-electron chi connectivity index (χ2n) is 7.67. The highest BCUT2D eigenvalue weighted by Gasteiger charge is 2.25. The van der Waals surface area contributed by atoms with Gasteiger partial charge in [0, 0.05) is 24.8 Å².